The summed E-state index contributed by atoms with van der Waals surface area (Å²) in [6.45, 7) is 6.24. The second-order valence-corrected chi connectivity index (χ2v) is 6.11. The maximum absolute atomic E-state index is 12.6. The molecule has 3 heterocycles. The zero-order valence-corrected chi connectivity index (χ0v) is 12.9. The van der Waals surface area contributed by atoms with Crippen LogP contribution in [0.5, 0.6) is 0 Å². The van der Waals surface area contributed by atoms with E-state index in [1.165, 1.54) is 11.3 Å². The lowest BCUT2D eigenvalue weighted by Crippen LogP contribution is -2.51. The maximum atomic E-state index is 12.6. The van der Waals surface area contributed by atoms with Crippen LogP contribution in [0.15, 0.2) is 18.5 Å². The van der Waals surface area contributed by atoms with Crippen LogP contribution < -0.4 is 5.32 Å². The zero-order valence-electron chi connectivity index (χ0n) is 12.0. The van der Waals surface area contributed by atoms with Crippen LogP contribution >= 0.6 is 11.3 Å². The van der Waals surface area contributed by atoms with E-state index >= 15 is 0 Å². The lowest BCUT2D eigenvalue weighted by atomic mass is 10.2. The molecule has 2 aromatic rings. The molecule has 6 nitrogen and oxygen atoms in total. The molecule has 0 radical (unpaired) electrons. The average molecular weight is 303 g/mol. The fourth-order valence-corrected chi connectivity index (χ4v) is 3.34. The van der Waals surface area contributed by atoms with Crippen LogP contribution in [-0.2, 0) is 0 Å². The Morgan fingerprint density at radius 3 is 2.90 bits per heavy atom. The van der Waals surface area contributed by atoms with Gasteiger partial charge < -0.3 is 10.2 Å². The third-order valence-corrected chi connectivity index (χ3v) is 4.55. The number of amides is 1. The Bertz CT molecular complexity index is 642. The number of piperazine rings is 1. The molecule has 1 saturated heterocycles. The summed E-state index contributed by atoms with van der Waals surface area (Å²) >= 11 is 1.37. The molecule has 2 aromatic heterocycles. The van der Waals surface area contributed by atoms with Crippen LogP contribution in [0.2, 0.25) is 0 Å². The van der Waals surface area contributed by atoms with Gasteiger partial charge in [-0.25, -0.2) is 15.0 Å². The summed E-state index contributed by atoms with van der Waals surface area (Å²) in [5.41, 5.74) is 0.749. The Balaban J connectivity index is 1.86. The third kappa shape index (κ3) is 2.93. The summed E-state index contributed by atoms with van der Waals surface area (Å²) in [6.07, 6.45) is 3.36. The van der Waals surface area contributed by atoms with E-state index in [4.69, 9.17) is 0 Å². The summed E-state index contributed by atoms with van der Waals surface area (Å²) in [4.78, 5) is 28.0. The molecule has 0 bridgehead atoms. The first-order valence-electron chi connectivity index (χ1n) is 6.92. The van der Waals surface area contributed by atoms with Crippen molar-refractivity contribution in [1.82, 2.24) is 25.2 Å². The van der Waals surface area contributed by atoms with Gasteiger partial charge in [0.1, 0.15) is 4.88 Å². The Hall–Kier alpha value is -1.86. The standard InChI is InChI=1S/C14H17N5OS/c1-9-8-19(7-6-15-9)14(20)11-10(2)18-13(21-11)12-16-4-3-5-17-12/h3-5,9,15H,6-8H2,1-2H3. The number of nitrogens with one attached hydrogen (secondary N) is 1. The average Bonchev–Trinajstić information content (AvgIpc) is 2.89. The van der Waals surface area contributed by atoms with Crippen LogP contribution in [-0.4, -0.2) is 51.4 Å². The minimum absolute atomic E-state index is 0.0560. The fourth-order valence-electron chi connectivity index (χ4n) is 2.36. The molecule has 0 aromatic carbocycles. The number of carbonyl (C=O) groups is 1. The molecule has 0 spiro atoms. The lowest BCUT2D eigenvalue weighted by molar-refractivity contribution is 0.0713. The second-order valence-electron chi connectivity index (χ2n) is 5.11. The molecular weight excluding hydrogens is 286 g/mol. The van der Waals surface area contributed by atoms with Crippen molar-refractivity contribution in [2.75, 3.05) is 19.6 Å². The molecule has 1 amide bonds. The van der Waals surface area contributed by atoms with E-state index in [2.05, 4.69) is 27.2 Å². The van der Waals surface area contributed by atoms with Crippen LogP contribution in [0.4, 0.5) is 0 Å². The van der Waals surface area contributed by atoms with E-state index in [-0.39, 0.29) is 5.91 Å². The summed E-state index contributed by atoms with van der Waals surface area (Å²) in [6, 6.07) is 2.09. The molecule has 1 unspecified atom stereocenters. The Kier molecular flexibility index (Phi) is 3.94. The van der Waals surface area contributed by atoms with Gasteiger partial charge in [0.25, 0.3) is 5.91 Å². The van der Waals surface area contributed by atoms with Crippen LogP contribution in [0.1, 0.15) is 22.3 Å². The van der Waals surface area contributed by atoms with Gasteiger partial charge in [-0.1, -0.05) is 0 Å². The van der Waals surface area contributed by atoms with Crippen molar-refractivity contribution in [3.8, 4) is 10.8 Å². The van der Waals surface area contributed by atoms with E-state index < -0.39 is 0 Å². The number of thiazole rings is 1. The fraction of sp³-hybridized carbons (Fsp3) is 0.429. The molecule has 1 N–H and O–H groups in total. The van der Waals surface area contributed by atoms with E-state index in [9.17, 15) is 4.79 Å². The predicted molar refractivity (Wildman–Crippen MR) is 81.2 cm³/mol. The highest BCUT2D eigenvalue weighted by Crippen LogP contribution is 2.26. The van der Waals surface area contributed by atoms with Gasteiger partial charge in [0.2, 0.25) is 0 Å². The van der Waals surface area contributed by atoms with Crippen molar-refractivity contribution in [3.05, 3.63) is 29.0 Å². The summed E-state index contributed by atoms with van der Waals surface area (Å²) < 4.78 is 0. The quantitative estimate of drug-likeness (QED) is 0.906. The summed E-state index contributed by atoms with van der Waals surface area (Å²) in [5.74, 6) is 0.624. The molecule has 0 saturated carbocycles. The topological polar surface area (TPSA) is 71.0 Å². The van der Waals surface area contributed by atoms with Crippen molar-refractivity contribution in [1.29, 1.82) is 0 Å². The van der Waals surface area contributed by atoms with Gasteiger partial charge >= 0.3 is 0 Å². The number of nitrogens with zero attached hydrogens (tertiary/aromatic N) is 4. The van der Waals surface area contributed by atoms with Gasteiger partial charge in [0.15, 0.2) is 10.8 Å². The van der Waals surface area contributed by atoms with Gasteiger partial charge in [-0.2, -0.15) is 0 Å². The minimum atomic E-state index is 0.0560. The smallest absolute Gasteiger partial charge is 0.265 e. The number of aryl methyl sites for hydroxylation is 1. The van der Waals surface area contributed by atoms with Crippen LogP contribution in [0.25, 0.3) is 10.8 Å². The van der Waals surface area contributed by atoms with Crippen molar-refractivity contribution < 1.29 is 4.79 Å². The molecule has 7 heteroatoms. The number of aromatic nitrogens is 3. The van der Waals surface area contributed by atoms with E-state index in [0.717, 1.165) is 25.3 Å². The SMILES string of the molecule is Cc1nc(-c2ncccn2)sc1C(=O)N1CCNC(C)C1. The first-order chi connectivity index (χ1) is 10.1. The maximum Gasteiger partial charge on any atom is 0.265 e. The van der Waals surface area contributed by atoms with Crippen molar-refractivity contribution in [2.24, 2.45) is 0 Å². The number of rotatable bonds is 2. The first-order valence-corrected chi connectivity index (χ1v) is 7.74. The molecule has 21 heavy (non-hydrogen) atoms. The highest BCUT2D eigenvalue weighted by molar-refractivity contribution is 7.17. The van der Waals surface area contributed by atoms with Crippen molar-refractivity contribution in [3.63, 3.8) is 0 Å². The third-order valence-electron chi connectivity index (χ3n) is 3.40. The van der Waals surface area contributed by atoms with Gasteiger partial charge in [-0.3, -0.25) is 4.79 Å². The number of carbonyl (C=O) groups excluding carboxylic acids is 1. The lowest BCUT2D eigenvalue weighted by Gasteiger charge is -2.31. The van der Waals surface area contributed by atoms with Crippen LogP contribution in [0.3, 0.4) is 0 Å². The zero-order chi connectivity index (χ0) is 14.8. The highest BCUT2D eigenvalue weighted by Gasteiger charge is 2.25. The van der Waals surface area contributed by atoms with Gasteiger partial charge in [-0.15, -0.1) is 11.3 Å². The molecule has 1 aliphatic rings. The molecule has 110 valence electrons. The van der Waals surface area contributed by atoms with Gasteiger partial charge in [-0.05, 0) is 19.9 Å². The van der Waals surface area contributed by atoms with E-state index in [0.29, 0.717) is 21.8 Å². The molecule has 3 rings (SSSR count). The van der Waals surface area contributed by atoms with Gasteiger partial charge in [0, 0.05) is 38.1 Å². The van der Waals surface area contributed by atoms with Gasteiger partial charge in [0.05, 0.1) is 5.69 Å². The van der Waals surface area contributed by atoms with Crippen molar-refractivity contribution >= 4 is 17.2 Å². The Labute approximate surface area is 127 Å². The highest BCUT2D eigenvalue weighted by atomic mass is 32.1. The molecular formula is C14H17N5OS. The minimum Gasteiger partial charge on any atom is -0.335 e. The Morgan fingerprint density at radius 2 is 2.19 bits per heavy atom. The number of hydrogen-bond acceptors (Lipinski definition) is 6. The number of hydrogen-bond donors (Lipinski definition) is 1. The molecule has 0 aliphatic carbocycles. The normalized spacial score (nSPS) is 18.8. The molecule has 1 atom stereocenters. The molecule has 1 fully saturated rings. The first kappa shape index (κ1) is 14.1. The largest absolute Gasteiger partial charge is 0.335 e. The second kappa shape index (κ2) is 5.87. The van der Waals surface area contributed by atoms with E-state index in [1.54, 1.807) is 18.5 Å². The summed E-state index contributed by atoms with van der Waals surface area (Å²) in [5, 5.41) is 4.03. The molecule has 1 aliphatic heterocycles. The predicted octanol–water partition coefficient (Wildman–Crippen LogP) is 1.34. The van der Waals surface area contributed by atoms with Crippen LogP contribution in [0, 0.1) is 6.92 Å². The Morgan fingerprint density at radius 1 is 1.43 bits per heavy atom. The monoisotopic (exact) mass is 303 g/mol. The summed E-state index contributed by atoms with van der Waals surface area (Å²) in [7, 11) is 0. The van der Waals surface area contributed by atoms with E-state index in [1.807, 2.05) is 11.8 Å². The van der Waals surface area contributed by atoms with Crippen molar-refractivity contribution in [2.45, 2.75) is 19.9 Å².